The first-order chi connectivity index (χ1) is 10.2. The number of rotatable bonds is 2. The van der Waals surface area contributed by atoms with Gasteiger partial charge >= 0.3 is 0 Å². The monoisotopic (exact) mass is 337 g/mol. The summed E-state index contributed by atoms with van der Waals surface area (Å²) in [5.74, 6) is 0. The molecule has 118 valence electrons. The molecule has 3 heterocycles. The van der Waals surface area contributed by atoms with E-state index >= 15 is 0 Å². The molecule has 0 amide bonds. The predicted molar refractivity (Wildman–Crippen MR) is 93.8 cm³/mol. The van der Waals surface area contributed by atoms with E-state index in [1.165, 1.54) is 44.6 Å². The Morgan fingerprint density at radius 3 is 3.05 bits per heavy atom. The molecule has 2 aliphatic rings. The van der Waals surface area contributed by atoms with Gasteiger partial charge in [-0.15, -0.1) is 12.4 Å². The molecule has 0 radical (unpaired) electrons. The van der Waals surface area contributed by atoms with E-state index in [1.807, 2.05) is 18.3 Å². The second-order valence-electron chi connectivity index (χ2n) is 6.53. The molecule has 0 aliphatic carbocycles. The van der Waals surface area contributed by atoms with Gasteiger partial charge in [-0.3, -0.25) is 9.88 Å². The van der Waals surface area contributed by atoms with Gasteiger partial charge in [0.25, 0.3) is 0 Å². The van der Waals surface area contributed by atoms with Crippen molar-refractivity contribution in [2.45, 2.75) is 19.4 Å². The van der Waals surface area contributed by atoms with Crippen molar-refractivity contribution >= 4 is 34.9 Å². The molecule has 2 fully saturated rings. The summed E-state index contributed by atoms with van der Waals surface area (Å²) in [4.78, 5) is 7.12. The molecule has 2 aliphatic heterocycles. The van der Waals surface area contributed by atoms with Crippen molar-refractivity contribution in [3.05, 3.63) is 41.0 Å². The average molecular weight is 338 g/mol. The minimum Gasteiger partial charge on any atom is -0.316 e. The second kappa shape index (κ2) is 6.32. The molecule has 3 nitrogen and oxygen atoms in total. The summed E-state index contributed by atoms with van der Waals surface area (Å²) in [5, 5.41) is 5.46. The quantitative estimate of drug-likeness (QED) is 0.909. The zero-order chi connectivity index (χ0) is 14.3. The Labute approximate surface area is 142 Å². The van der Waals surface area contributed by atoms with E-state index in [1.54, 1.807) is 0 Å². The SMILES string of the molecule is Cl.Clc1cc(CN2CCC3(CCNC3)C2)c2ncccc2c1. The van der Waals surface area contributed by atoms with Crippen LogP contribution in [-0.4, -0.2) is 36.1 Å². The van der Waals surface area contributed by atoms with Crippen molar-refractivity contribution in [2.24, 2.45) is 5.41 Å². The van der Waals surface area contributed by atoms with Crippen LogP contribution in [0, 0.1) is 5.41 Å². The minimum absolute atomic E-state index is 0. The lowest BCUT2D eigenvalue weighted by atomic mass is 9.86. The Hall–Kier alpha value is -0.870. The highest BCUT2D eigenvalue weighted by Crippen LogP contribution is 2.37. The van der Waals surface area contributed by atoms with Crippen LogP contribution in [0.1, 0.15) is 18.4 Å². The standard InChI is InChI=1S/C17H20ClN3.ClH/c18-15-8-13-2-1-5-20-16(13)14(9-15)10-21-7-4-17(12-21)3-6-19-11-17;/h1-2,5,8-9,19H,3-4,6-7,10-12H2;1H. The van der Waals surface area contributed by atoms with E-state index in [0.29, 0.717) is 5.41 Å². The maximum atomic E-state index is 6.27. The molecule has 1 N–H and O–H groups in total. The van der Waals surface area contributed by atoms with Gasteiger partial charge in [0.2, 0.25) is 0 Å². The van der Waals surface area contributed by atoms with E-state index < -0.39 is 0 Å². The van der Waals surface area contributed by atoms with E-state index in [9.17, 15) is 0 Å². The predicted octanol–water partition coefficient (Wildman–Crippen LogP) is 3.50. The highest BCUT2D eigenvalue weighted by molar-refractivity contribution is 6.31. The summed E-state index contributed by atoms with van der Waals surface area (Å²) >= 11 is 6.27. The van der Waals surface area contributed by atoms with Crippen molar-refractivity contribution in [3.8, 4) is 0 Å². The third-order valence-corrected chi connectivity index (χ3v) is 5.21. The van der Waals surface area contributed by atoms with Crippen LogP contribution in [0.2, 0.25) is 5.02 Å². The molecule has 22 heavy (non-hydrogen) atoms. The summed E-state index contributed by atoms with van der Waals surface area (Å²) in [6.45, 7) is 5.69. The van der Waals surface area contributed by atoms with E-state index in [0.717, 1.165) is 22.5 Å². The molecule has 4 rings (SSSR count). The number of pyridine rings is 1. The molecule has 1 unspecified atom stereocenters. The van der Waals surface area contributed by atoms with Crippen molar-refractivity contribution in [3.63, 3.8) is 0 Å². The van der Waals surface area contributed by atoms with Gasteiger partial charge in [-0.2, -0.15) is 0 Å². The van der Waals surface area contributed by atoms with Gasteiger partial charge < -0.3 is 5.32 Å². The van der Waals surface area contributed by atoms with Crippen LogP contribution in [0.5, 0.6) is 0 Å². The summed E-state index contributed by atoms with van der Waals surface area (Å²) < 4.78 is 0. The number of fused-ring (bicyclic) bond motifs is 1. The first-order valence-corrected chi connectivity index (χ1v) is 8.08. The van der Waals surface area contributed by atoms with Crippen molar-refractivity contribution in [1.29, 1.82) is 0 Å². The highest BCUT2D eigenvalue weighted by atomic mass is 35.5. The maximum absolute atomic E-state index is 6.27. The topological polar surface area (TPSA) is 28.2 Å². The van der Waals surface area contributed by atoms with Gasteiger partial charge in [-0.1, -0.05) is 17.7 Å². The Balaban J connectivity index is 0.00000144. The summed E-state index contributed by atoms with van der Waals surface area (Å²) in [5.41, 5.74) is 2.86. The number of hydrogen-bond acceptors (Lipinski definition) is 3. The van der Waals surface area contributed by atoms with E-state index in [4.69, 9.17) is 11.6 Å². The van der Waals surface area contributed by atoms with Crippen LogP contribution in [0.25, 0.3) is 10.9 Å². The van der Waals surface area contributed by atoms with Gasteiger partial charge in [0.15, 0.2) is 0 Å². The largest absolute Gasteiger partial charge is 0.316 e. The Morgan fingerprint density at radius 2 is 2.23 bits per heavy atom. The molecule has 2 saturated heterocycles. The number of nitrogens with zero attached hydrogens (tertiary/aromatic N) is 2. The Kier molecular flexibility index (Phi) is 4.60. The zero-order valence-corrected chi connectivity index (χ0v) is 14.1. The average Bonchev–Trinajstić information content (AvgIpc) is 3.09. The van der Waals surface area contributed by atoms with Gasteiger partial charge in [-0.05, 0) is 55.1 Å². The third-order valence-electron chi connectivity index (χ3n) is 4.99. The first kappa shape index (κ1) is 16.0. The van der Waals surface area contributed by atoms with Gasteiger partial charge in [0, 0.05) is 36.2 Å². The highest BCUT2D eigenvalue weighted by Gasteiger charge is 2.40. The third kappa shape index (κ3) is 2.95. The van der Waals surface area contributed by atoms with Crippen LogP contribution < -0.4 is 5.32 Å². The van der Waals surface area contributed by atoms with E-state index in [2.05, 4.69) is 27.3 Å². The number of hydrogen-bond donors (Lipinski definition) is 1. The fraction of sp³-hybridized carbons (Fsp3) is 0.471. The summed E-state index contributed by atoms with van der Waals surface area (Å²) in [6.07, 6.45) is 4.50. The van der Waals surface area contributed by atoms with Crippen LogP contribution in [0.15, 0.2) is 30.5 Å². The van der Waals surface area contributed by atoms with Crippen molar-refractivity contribution in [2.75, 3.05) is 26.2 Å². The zero-order valence-electron chi connectivity index (χ0n) is 12.5. The molecular formula is C17H21Cl2N3. The van der Waals surface area contributed by atoms with Gasteiger partial charge in [-0.25, -0.2) is 0 Å². The molecule has 5 heteroatoms. The molecule has 1 spiro atoms. The van der Waals surface area contributed by atoms with Crippen LogP contribution in [-0.2, 0) is 6.54 Å². The number of nitrogens with one attached hydrogen (secondary N) is 1. The van der Waals surface area contributed by atoms with Gasteiger partial charge in [0.05, 0.1) is 5.52 Å². The Bertz CT molecular complexity index is 668. The molecular weight excluding hydrogens is 317 g/mol. The molecule has 2 aromatic rings. The smallest absolute Gasteiger partial charge is 0.0747 e. The summed E-state index contributed by atoms with van der Waals surface area (Å²) in [7, 11) is 0. The number of likely N-dealkylation sites (tertiary alicyclic amines) is 1. The molecule has 1 aromatic heterocycles. The fourth-order valence-corrected chi connectivity index (χ4v) is 4.14. The van der Waals surface area contributed by atoms with Crippen LogP contribution >= 0.6 is 24.0 Å². The minimum atomic E-state index is 0. The molecule has 0 saturated carbocycles. The number of halogens is 2. The lowest BCUT2D eigenvalue weighted by Crippen LogP contribution is -2.29. The number of aromatic nitrogens is 1. The van der Waals surface area contributed by atoms with Crippen molar-refractivity contribution < 1.29 is 0 Å². The molecule has 0 bridgehead atoms. The molecule has 1 atom stereocenters. The summed E-state index contributed by atoms with van der Waals surface area (Å²) in [6, 6.07) is 8.14. The fourth-order valence-electron chi connectivity index (χ4n) is 3.90. The van der Waals surface area contributed by atoms with E-state index in [-0.39, 0.29) is 12.4 Å². The normalized spacial score (nSPS) is 25.0. The van der Waals surface area contributed by atoms with Gasteiger partial charge in [0.1, 0.15) is 0 Å². The van der Waals surface area contributed by atoms with Crippen molar-refractivity contribution in [1.82, 2.24) is 15.2 Å². The molecule has 1 aromatic carbocycles. The van der Waals surface area contributed by atoms with Crippen LogP contribution in [0.3, 0.4) is 0 Å². The number of benzene rings is 1. The first-order valence-electron chi connectivity index (χ1n) is 7.70. The maximum Gasteiger partial charge on any atom is 0.0747 e. The Morgan fingerprint density at radius 1 is 1.32 bits per heavy atom. The van der Waals surface area contributed by atoms with Crippen LogP contribution in [0.4, 0.5) is 0 Å². The second-order valence-corrected chi connectivity index (χ2v) is 6.96. The lowest BCUT2D eigenvalue weighted by Gasteiger charge is -2.23. The lowest BCUT2D eigenvalue weighted by molar-refractivity contribution is 0.269.